The van der Waals surface area contributed by atoms with Gasteiger partial charge in [0.15, 0.2) is 0 Å². The predicted octanol–water partition coefficient (Wildman–Crippen LogP) is 4.28. The van der Waals surface area contributed by atoms with Gasteiger partial charge in [-0.2, -0.15) is 0 Å². The maximum atomic E-state index is 12.5. The van der Waals surface area contributed by atoms with Crippen molar-refractivity contribution in [2.45, 2.75) is 6.92 Å². The Kier molecular flexibility index (Phi) is 6.80. The lowest BCUT2D eigenvalue weighted by atomic mass is 10.4. The van der Waals surface area contributed by atoms with Gasteiger partial charge in [-0.05, 0) is 29.7 Å². The fourth-order valence-electron chi connectivity index (χ4n) is 2.79. The lowest BCUT2D eigenvalue weighted by Gasteiger charge is -2.28. The number of allylic oxidation sites excluding steroid dienone is 4. The smallest absolute Gasteiger partial charge is 0.331 e. The molecule has 0 atom stereocenters. The average Bonchev–Trinajstić information content (AvgIpc) is 2.66. The van der Waals surface area contributed by atoms with Crippen molar-refractivity contribution in [3.63, 3.8) is 0 Å². The van der Waals surface area contributed by atoms with E-state index in [9.17, 15) is 4.79 Å². The molecule has 0 saturated heterocycles. The zero-order valence-corrected chi connectivity index (χ0v) is 15.4. The molecule has 0 radical (unpaired) electrons. The first-order valence-corrected chi connectivity index (χ1v) is 10.0. The third-order valence-corrected chi connectivity index (χ3v) is 7.79. The molecule has 2 rings (SSSR count). The number of hydrogen-bond acceptors (Lipinski definition) is 2. The highest BCUT2D eigenvalue weighted by atomic mass is 31.2. The van der Waals surface area contributed by atoms with Gasteiger partial charge < -0.3 is 4.74 Å². The zero-order valence-electron chi connectivity index (χ0n) is 14.5. The summed E-state index contributed by atoms with van der Waals surface area (Å²) in [5, 5.41) is 3.11. The molecule has 2 aromatic carbocycles. The van der Waals surface area contributed by atoms with Gasteiger partial charge >= 0.3 is 5.97 Å². The molecular formula is C22H23O2P. The molecule has 0 aliphatic heterocycles. The summed E-state index contributed by atoms with van der Waals surface area (Å²) < 4.78 is 5.26. The highest BCUT2D eigenvalue weighted by Crippen LogP contribution is 2.53. The van der Waals surface area contributed by atoms with Crippen LogP contribution in [0.4, 0.5) is 0 Å². The summed E-state index contributed by atoms with van der Waals surface area (Å²) in [7, 11) is 0. The minimum absolute atomic E-state index is 0.319. The maximum Gasteiger partial charge on any atom is 0.331 e. The van der Waals surface area contributed by atoms with Gasteiger partial charge in [0.05, 0.1) is 6.61 Å². The Morgan fingerprint density at radius 2 is 1.52 bits per heavy atom. The Bertz CT molecular complexity index is 774. The van der Waals surface area contributed by atoms with E-state index >= 15 is 0 Å². The normalized spacial score (nSPS) is 11.5. The molecule has 128 valence electrons. The van der Waals surface area contributed by atoms with Crippen molar-refractivity contribution in [2.75, 3.05) is 6.61 Å². The molecule has 0 spiro atoms. The van der Waals surface area contributed by atoms with Crippen LogP contribution in [0.1, 0.15) is 6.92 Å². The van der Waals surface area contributed by atoms with E-state index < -0.39 is 6.89 Å². The number of hydrogen-bond donors (Lipinski definition) is 0. The van der Waals surface area contributed by atoms with Crippen LogP contribution >= 0.6 is 6.89 Å². The van der Waals surface area contributed by atoms with E-state index in [1.807, 2.05) is 55.5 Å². The maximum absolute atomic E-state index is 12.5. The summed E-state index contributed by atoms with van der Waals surface area (Å²) in [6.07, 6.45) is 5.47. The van der Waals surface area contributed by atoms with Crippen molar-refractivity contribution in [3.8, 4) is 0 Å². The van der Waals surface area contributed by atoms with E-state index in [1.165, 1.54) is 0 Å². The first-order chi connectivity index (χ1) is 12.2. The number of benzene rings is 2. The standard InChI is InChI=1S/C22H23O2P/c1-4-13-19(5-2)25(18-22(23)24-6-3,20-14-9-7-10-15-20)21-16-11-8-12-17-21/h4-5,7-18H,1-2,6H2,3H3/b19-13+. The van der Waals surface area contributed by atoms with Crippen LogP contribution in [-0.2, 0) is 9.53 Å². The fraction of sp³-hybridized carbons (Fsp3) is 0.0909. The molecule has 0 aliphatic rings. The monoisotopic (exact) mass is 350 g/mol. The molecule has 0 heterocycles. The van der Waals surface area contributed by atoms with Gasteiger partial charge in [-0.25, -0.2) is 4.79 Å². The van der Waals surface area contributed by atoms with Crippen molar-refractivity contribution >= 4 is 29.3 Å². The topological polar surface area (TPSA) is 26.3 Å². The molecule has 0 fully saturated rings. The highest BCUT2D eigenvalue weighted by Gasteiger charge is 2.27. The molecule has 25 heavy (non-hydrogen) atoms. The van der Waals surface area contributed by atoms with E-state index in [2.05, 4.69) is 37.4 Å². The van der Waals surface area contributed by atoms with Gasteiger partial charge in [-0.3, -0.25) is 0 Å². The molecule has 0 bridgehead atoms. The van der Waals surface area contributed by atoms with Crippen LogP contribution in [0.15, 0.2) is 97.4 Å². The Hall–Kier alpha value is -2.57. The van der Waals surface area contributed by atoms with Crippen LogP contribution in [0, 0.1) is 0 Å². The molecule has 0 aromatic heterocycles. The SMILES string of the molecule is C=C/C=C(\C=C)P(=CC(=O)OCC)(c1ccccc1)c1ccccc1. The zero-order chi connectivity index (χ0) is 18.1. The molecule has 2 aromatic rings. The van der Waals surface area contributed by atoms with Crippen molar-refractivity contribution in [1.82, 2.24) is 0 Å². The Balaban J connectivity index is 2.93. The summed E-state index contributed by atoms with van der Waals surface area (Å²) in [4.78, 5) is 12.5. The van der Waals surface area contributed by atoms with Gasteiger partial charge in [0.1, 0.15) is 0 Å². The lowest BCUT2D eigenvalue weighted by molar-refractivity contribution is -0.134. The van der Waals surface area contributed by atoms with Crippen molar-refractivity contribution < 1.29 is 9.53 Å². The second kappa shape index (κ2) is 9.05. The molecule has 3 heteroatoms. The first-order valence-electron chi connectivity index (χ1n) is 8.17. The molecule has 0 unspecified atom stereocenters. The fourth-order valence-corrected chi connectivity index (χ4v) is 6.43. The van der Waals surface area contributed by atoms with Crippen LogP contribution in [0.3, 0.4) is 0 Å². The van der Waals surface area contributed by atoms with E-state index in [-0.39, 0.29) is 5.97 Å². The molecule has 0 saturated carbocycles. The van der Waals surface area contributed by atoms with Crippen molar-refractivity contribution in [3.05, 3.63) is 97.4 Å². The Morgan fingerprint density at radius 1 is 1.00 bits per heavy atom. The predicted molar refractivity (Wildman–Crippen MR) is 110 cm³/mol. The molecular weight excluding hydrogens is 327 g/mol. The summed E-state index contributed by atoms with van der Waals surface area (Å²) in [5.41, 5.74) is 0. The van der Waals surface area contributed by atoms with E-state index in [4.69, 9.17) is 4.74 Å². The van der Waals surface area contributed by atoms with Gasteiger partial charge in [-0.15, -0.1) is 0 Å². The summed E-state index contributed by atoms with van der Waals surface area (Å²) in [6.45, 7) is 7.63. The van der Waals surface area contributed by atoms with Gasteiger partial charge in [0.2, 0.25) is 0 Å². The molecule has 0 N–H and O–H groups in total. The van der Waals surface area contributed by atoms with Crippen molar-refractivity contribution in [2.24, 2.45) is 0 Å². The van der Waals surface area contributed by atoms with E-state index in [0.717, 1.165) is 15.9 Å². The largest absolute Gasteiger partial charge is 0.463 e. The minimum Gasteiger partial charge on any atom is -0.463 e. The van der Waals surface area contributed by atoms with Crippen LogP contribution < -0.4 is 10.6 Å². The van der Waals surface area contributed by atoms with Gasteiger partial charge in [0, 0.05) is 5.80 Å². The van der Waals surface area contributed by atoms with Crippen LogP contribution in [0.25, 0.3) is 0 Å². The Labute approximate surface area is 150 Å². The summed E-state index contributed by atoms with van der Waals surface area (Å²) in [5.74, 6) is 1.42. The molecule has 0 aliphatic carbocycles. The minimum atomic E-state index is -2.34. The lowest BCUT2D eigenvalue weighted by Crippen LogP contribution is -2.22. The molecule has 2 nitrogen and oxygen atoms in total. The number of esters is 1. The van der Waals surface area contributed by atoms with Crippen LogP contribution in [0.5, 0.6) is 0 Å². The number of carbonyl (C=O) groups is 1. The summed E-state index contributed by atoms with van der Waals surface area (Å²) in [6, 6.07) is 20.1. The first kappa shape index (κ1) is 18.8. The van der Waals surface area contributed by atoms with Crippen LogP contribution in [-0.4, -0.2) is 18.4 Å². The quantitative estimate of drug-likeness (QED) is 0.423. The van der Waals surface area contributed by atoms with E-state index in [1.54, 1.807) is 11.9 Å². The average molecular weight is 350 g/mol. The second-order valence-corrected chi connectivity index (χ2v) is 8.56. The van der Waals surface area contributed by atoms with Crippen LogP contribution in [0.2, 0.25) is 0 Å². The van der Waals surface area contributed by atoms with Crippen molar-refractivity contribution in [1.29, 1.82) is 0 Å². The Morgan fingerprint density at radius 3 is 1.92 bits per heavy atom. The highest BCUT2D eigenvalue weighted by molar-refractivity contribution is 7.92. The molecule has 0 amide bonds. The van der Waals surface area contributed by atoms with E-state index in [0.29, 0.717) is 6.61 Å². The number of carbonyl (C=O) groups excluding carboxylic acids is 1. The number of rotatable bonds is 7. The van der Waals surface area contributed by atoms with Gasteiger partial charge in [0.25, 0.3) is 0 Å². The van der Waals surface area contributed by atoms with Gasteiger partial charge in [-0.1, -0.05) is 92.0 Å². The second-order valence-electron chi connectivity index (χ2n) is 5.31. The third kappa shape index (κ3) is 4.10. The summed E-state index contributed by atoms with van der Waals surface area (Å²) >= 11 is 0. The third-order valence-electron chi connectivity index (χ3n) is 3.82. The number of ether oxygens (including phenoxy) is 1.